The highest BCUT2D eigenvalue weighted by molar-refractivity contribution is 7.17. The molecule has 1 aromatic carbocycles. The molecule has 28 heavy (non-hydrogen) atoms. The SMILES string of the molecule is COCC(C)Nc1nc(CN2CCOCC2)nc2scc(-c3ccccc3)c12. The third-order valence-electron chi connectivity index (χ3n) is 4.83. The molecular weight excluding hydrogens is 372 g/mol. The van der Waals surface area contributed by atoms with Gasteiger partial charge in [0.1, 0.15) is 16.5 Å². The Balaban J connectivity index is 1.73. The van der Waals surface area contributed by atoms with Crippen LogP contribution >= 0.6 is 11.3 Å². The standard InChI is InChI=1S/C21H26N4O2S/c1-15(13-26-2)22-20-19-17(16-6-4-3-5-7-16)14-28-21(19)24-18(23-20)12-25-8-10-27-11-9-25/h3-7,14-15H,8-13H2,1-2H3,(H,22,23,24). The summed E-state index contributed by atoms with van der Waals surface area (Å²) in [6, 6.07) is 10.6. The lowest BCUT2D eigenvalue weighted by atomic mass is 10.1. The third kappa shape index (κ3) is 4.33. The summed E-state index contributed by atoms with van der Waals surface area (Å²) >= 11 is 1.67. The van der Waals surface area contributed by atoms with Gasteiger partial charge in [0.15, 0.2) is 0 Å². The molecule has 0 aliphatic carbocycles. The molecule has 148 valence electrons. The number of thiophene rings is 1. The molecule has 0 amide bonds. The van der Waals surface area contributed by atoms with Gasteiger partial charge in [-0.1, -0.05) is 30.3 Å². The van der Waals surface area contributed by atoms with Gasteiger partial charge in [0.05, 0.1) is 31.8 Å². The molecule has 1 unspecified atom stereocenters. The van der Waals surface area contributed by atoms with Crippen molar-refractivity contribution < 1.29 is 9.47 Å². The Bertz CT molecular complexity index is 909. The minimum absolute atomic E-state index is 0.155. The van der Waals surface area contributed by atoms with E-state index >= 15 is 0 Å². The number of benzene rings is 1. The number of methoxy groups -OCH3 is 1. The number of hydrogen-bond donors (Lipinski definition) is 1. The van der Waals surface area contributed by atoms with Crippen LogP contribution in [-0.4, -0.2) is 60.9 Å². The monoisotopic (exact) mass is 398 g/mol. The average Bonchev–Trinajstić information content (AvgIpc) is 3.14. The van der Waals surface area contributed by atoms with Crippen LogP contribution in [0.25, 0.3) is 21.3 Å². The molecule has 6 nitrogen and oxygen atoms in total. The summed E-state index contributed by atoms with van der Waals surface area (Å²) in [5.74, 6) is 1.74. The summed E-state index contributed by atoms with van der Waals surface area (Å²) in [7, 11) is 1.72. The second-order valence-corrected chi connectivity index (χ2v) is 7.93. The predicted octanol–water partition coefficient (Wildman–Crippen LogP) is 3.64. The van der Waals surface area contributed by atoms with E-state index in [4.69, 9.17) is 19.4 Å². The fourth-order valence-corrected chi connectivity index (χ4v) is 4.44. The van der Waals surface area contributed by atoms with Crippen LogP contribution in [0.15, 0.2) is 35.7 Å². The number of morpholine rings is 1. The smallest absolute Gasteiger partial charge is 0.146 e. The van der Waals surface area contributed by atoms with Gasteiger partial charge in [-0.15, -0.1) is 11.3 Å². The van der Waals surface area contributed by atoms with Crippen molar-refractivity contribution >= 4 is 27.4 Å². The number of nitrogens with one attached hydrogen (secondary N) is 1. The summed E-state index contributed by atoms with van der Waals surface area (Å²) in [5, 5.41) is 6.81. The van der Waals surface area contributed by atoms with Crippen LogP contribution in [-0.2, 0) is 16.0 Å². The van der Waals surface area contributed by atoms with Crippen molar-refractivity contribution in [2.24, 2.45) is 0 Å². The summed E-state index contributed by atoms with van der Waals surface area (Å²) in [4.78, 5) is 13.2. The van der Waals surface area contributed by atoms with Crippen molar-refractivity contribution in [2.45, 2.75) is 19.5 Å². The minimum atomic E-state index is 0.155. The van der Waals surface area contributed by atoms with Gasteiger partial charge in [-0.3, -0.25) is 4.90 Å². The molecule has 1 aliphatic rings. The Hall–Kier alpha value is -2.06. The van der Waals surface area contributed by atoms with Gasteiger partial charge in [0, 0.05) is 37.2 Å². The van der Waals surface area contributed by atoms with E-state index in [0.717, 1.165) is 54.7 Å². The van der Waals surface area contributed by atoms with Crippen LogP contribution in [0.5, 0.6) is 0 Å². The molecule has 0 saturated carbocycles. The molecule has 0 bridgehead atoms. The van der Waals surface area contributed by atoms with E-state index < -0.39 is 0 Å². The highest BCUT2D eigenvalue weighted by Gasteiger charge is 2.19. The Morgan fingerprint density at radius 2 is 2.00 bits per heavy atom. The van der Waals surface area contributed by atoms with Gasteiger partial charge in [-0.2, -0.15) is 0 Å². The van der Waals surface area contributed by atoms with E-state index in [1.54, 1.807) is 18.4 Å². The Morgan fingerprint density at radius 3 is 2.75 bits per heavy atom. The molecule has 0 spiro atoms. The van der Waals surface area contributed by atoms with Crippen molar-refractivity contribution in [3.8, 4) is 11.1 Å². The molecule has 1 fully saturated rings. The van der Waals surface area contributed by atoms with E-state index in [2.05, 4.69) is 46.8 Å². The maximum atomic E-state index is 5.46. The first-order valence-corrected chi connectivity index (χ1v) is 10.5. The highest BCUT2D eigenvalue weighted by atomic mass is 32.1. The largest absolute Gasteiger partial charge is 0.383 e. The van der Waals surface area contributed by atoms with Gasteiger partial charge < -0.3 is 14.8 Å². The molecule has 3 aromatic rings. The Morgan fingerprint density at radius 1 is 1.21 bits per heavy atom. The van der Waals surface area contributed by atoms with E-state index in [9.17, 15) is 0 Å². The lowest BCUT2D eigenvalue weighted by Crippen LogP contribution is -2.36. The van der Waals surface area contributed by atoms with Crippen LogP contribution in [0, 0.1) is 0 Å². The summed E-state index contributed by atoms with van der Waals surface area (Å²) in [6.45, 7) is 6.85. The quantitative estimate of drug-likeness (QED) is 0.656. The fraction of sp³-hybridized carbons (Fsp3) is 0.429. The zero-order valence-corrected chi connectivity index (χ0v) is 17.2. The molecular formula is C21H26N4O2S. The molecule has 2 aromatic heterocycles. The Kier molecular flexibility index (Phi) is 6.17. The minimum Gasteiger partial charge on any atom is -0.383 e. The number of ether oxygens (including phenoxy) is 2. The van der Waals surface area contributed by atoms with Crippen molar-refractivity contribution in [3.05, 3.63) is 41.5 Å². The topological polar surface area (TPSA) is 59.5 Å². The van der Waals surface area contributed by atoms with Crippen molar-refractivity contribution in [2.75, 3.05) is 45.3 Å². The first-order valence-electron chi connectivity index (χ1n) is 9.63. The van der Waals surface area contributed by atoms with E-state index in [1.165, 1.54) is 11.1 Å². The predicted molar refractivity (Wildman–Crippen MR) is 114 cm³/mol. The third-order valence-corrected chi connectivity index (χ3v) is 5.71. The molecule has 1 atom stereocenters. The zero-order valence-electron chi connectivity index (χ0n) is 16.4. The summed E-state index contributed by atoms with van der Waals surface area (Å²) in [5.41, 5.74) is 2.35. The van der Waals surface area contributed by atoms with Crippen molar-refractivity contribution in [1.82, 2.24) is 14.9 Å². The summed E-state index contributed by atoms with van der Waals surface area (Å²) in [6.07, 6.45) is 0. The van der Waals surface area contributed by atoms with E-state index in [1.807, 2.05) is 6.07 Å². The lowest BCUT2D eigenvalue weighted by molar-refractivity contribution is 0.0331. The van der Waals surface area contributed by atoms with Crippen molar-refractivity contribution in [1.29, 1.82) is 0 Å². The number of aromatic nitrogens is 2. The van der Waals surface area contributed by atoms with Crippen LogP contribution in [0.3, 0.4) is 0 Å². The maximum absolute atomic E-state index is 5.46. The molecule has 7 heteroatoms. The molecule has 1 saturated heterocycles. The number of nitrogens with zero attached hydrogens (tertiary/aromatic N) is 3. The molecule has 4 rings (SSSR count). The van der Waals surface area contributed by atoms with Gasteiger partial charge in [-0.25, -0.2) is 9.97 Å². The fourth-order valence-electron chi connectivity index (χ4n) is 3.48. The Labute approximate surface area is 169 Å². The van der Waals surface area contributed by atoms with E-state index in [0.29, 0.717) is 6.61 Å². The maximum Gasteiger partial charge on any atom is 0.146 e. The van der Waals surface area contributed by atoms with Crippen LogP contribution in [0.4, 0.5) is 5.82 Å². The van der Waals surface area contributed by atoms with Gasteiger partial charge in [0.25, 0.3) is 0 Å². The van der Waals surface area contributed by atoms with Gasteiger partial charge in [0.2, 0.25) is 0 Å². The average molecular weight is 399 g/mol. The number of fused-ring (bicyclic) bond motifs is 1. The normalized spacial score (nSPS) is 16.4. The number of anilines is 1. The second-order valence-electron chi connectivity index (χ2n) is 7.07. The number of rotatable bonds is 7. The summed E-state index contributed by atoms with van der Waals surface area (Å²) < 4.78 is 10.8. The second kappa shape index (κ2) is 8.96. The zero-order chi connectivity index (χ0) is 19.3. The van der Waals surface area contributed by atoms with Gasteiger partial charge >= 0.3 is 0 Å². The first-order chi connectivity index (χ1) is 13.7. The molecule has 3 heterocycles. The molecule has 1 N–H and O–H groups in total. The van der Waals surface area contributed by atoms with Crippen LogP contribution in [0.2, 0.25) is 0 Å². The van der Waals surface area contributed by atoms with Crippen LogP contribution in [0.1, 0.15) is 12.7 Å². The van der Waals surface area contributed by atoms with Gasteiger partial charge in [-0.05, 0) is 12.5 Å². The van der Waals surface area contributed by atoms with E-state index in [-0.39, 0.29) is 6.04 Å². The highest BCUT2D eigenvalue weighted by Crippen LogP contribution is 2.37. The molecule has 0 radical (unpaired) electrons. The van der Waals surface area contributed by atoms with Crippen molar-refractivity contribution in [3.63, 3.8) is 0 Å². The molecule has 1 aliphatic heterocycles. The number of hydrogen-bond acceptors (Lipinski definition) is 7. The lowest BCUT2D eigenvalue weighted by Gasteiger charge is -2.26. The van der Waals surface area contributed by atoms with Crippen LogP contribution < -0.4 is 5.32 Å². The first kappa shape index (κ1) is 19.3.